The molecule has 0 fully saturated rings. The molecule has 2 aromatic carbocycles. The van der Waals surface area contributed by atoms with Crippen LogP contribution in [-0.4, -0.2) is 5.78 Å². The quantitative estimate of drug-likeness (QED) is 0.580. The van der Waals surface area contributed by atoms with E-state index in [4.69, 9.17) is 0 Å². The third-order valence-corrected chi connectivity index (χ3v) is 2.62. The number of rotatable bonds is 3. The molecule has 2 aromatic rings. The lowest BCUT2D eigenvalue weighted by atomic mass is 10.1. The van der Waals surface area contributed by atoms with Gasteiger partial charge in [0, 0.05) is 5.56 Å². The molecule has 0 saturated carbocycles. The molecule has 1 nitrogen and oxygen atoms in total. The van der Waals surface area contributed by atoms with Gasteiger partial charge in [-0.25, -0.2) is 4.39 Å². The van der Waals surface area contributed by atoms with E-state index in [9.17, 15) is 9.18 Å². The molecule has 0 atom stereocenters. The van der Waals surface area contributed by atoms with Crippen LogP contribution in [-0.2, 0) is 0 Å². The molecule has 0 heterocycles. The van der Waals surface area contributed by atoms with Crippen molar-refractivity contribution in [3.63, 3.8) is 0 Å². The number of Topliss-reactive ketones (excluding diaryl/α,β-unsaturated/α-hetero) is 1. The summed E-state index contributed by atoms with van der Waals surface area (Å²) in [6.07, 6.45) is 1.26. The second kappa shape index (κ2) is 5.41. The van der Waals surface area contributed by atoms with Crippen molar-refractivity contribution in [2.45, 2.75) is 6.92 Å². The third kappa shape index (κ3) is 2.92. The van der Waals surface area contributed by atoms with Crippen LogP contribution in [0.25, 0.3) is 6.08 Å². The summed E-state index contributed by atoms with van der Waals surface area (Å²) in [5.41, 5.74) is 2.14. The molecule has 0 aliphatic heterocycles. The second-order valence-corrected chi connectivity index (χ2v) is 4.10. The number of hydrogen-bond acceptors (Lipinski definition) is 1. The van der Waals surface area contributed by atoms with Crippen LogP contribution in [0, 0.1) is 6.92 Å². The van der Waals surface area contributed by atoms with Crippen molar-refractivity contribution < 1.29 is 9.18 Å². The average Bonchev–Trinajstić information content (AvgIpc) is 2.41. The van der Waals surface area contributed by atoms with Gasteiger partial charge in [-0.15, -0.1) is 0 Å². The lowest BCUT2D eigenvalue weighted by Gasteiger charge is -1.99. The zero-order valence-electron chi connectivity index (χ0n) is 10.1. The Morgan fingerprint density at radius 2 is 1.61 bits per heavy atom. The van der Waals surface area contributed by atoms with Gasteiger partial charge in [-0.2, -0.15) is 0 Å². The Bertz CT molecular complexity index is 568. The smallest absolute Gasteiger partial charge is 0.221 e. The Hall–Kier alpha value is -2.22. The van der Waals surface area contributed by atoms with Crippen molar-refractivity contribution in [3.05, 3.63) is 77.1 Å². The highest BCUT2D eigenvalue weighted by Gasteiger charge is 2.10. The highest BCUT2D eigenvalue weighted by Crippen LogP contribution is 2.14. The summed E-state index contributed by atoms with van der Waals surface area (Å²) in [7, 11) is 0. The first-order chi connectivity index (χ1) is 8.66. The average molecular weight is 240 g/mol. The molecular weight excluding hydrogens is 227 g/mol. The van der Waals surface area contributed by atoms with Crippen molar-refractivity contribution in [1.82, 2.24) is 0 Å². The maximum atomic E-state index is 13.8. The van der Waals surface area contributed by atoms with Crippen molar-refractivity contribution in [1.29, 1.82) is 0 Å². The van der Waals surface area contributed by atoms with Crippen LogP contribution >= 0.6 is 0 Å². The second-order valence-electron chi connectivity index (χ2n) is 4.10. The number of halogens is 1. The number of carbonyl (C=O) groups is 1. The summed E-state index contributed by atoms with van der Waals surface area (Å²) in [6, 6.07) is 15.8. The maximum absolute atomic E-state index is 13.8. The van der Waals surface area contributed by atoms with Crippen molar-refractivity contribution in [2.75, 3.05) is 0 Å². The van der Waals surface area contributed by atoms with Gasteiger partial charge in [0.05, 0.1) is 0 Å². The summed E-state index contributed by atoms with van der Waals surface area (Å²) >= 11 is 0. The zero-order chi connectivity index (χ0) is 13.0. The Balaban J connectivity index is 2.23. The summed E-state index contributed by atoms with van der Waals surface area (Å²) in [6.45, 7) is 1.96. The minimum absolute atomic E-state index is 0.360. The number of benzene rings is 2. The predicted molar refractivity (Wildman–Crippen MR) is 71.0 cm³/mol. The highest BCUT2D eigenvalue weighted by molar-refractivity contribution is 6.09. The molecule has 18 heavy (non-hydrogen) atoms. The lowest BCUT2D eigenvalue weighted by Crippen LogP contribution is -1.98. The van der Waals surface area contributed by atoms with Gasteiger partial charge in [0.1, 0.15) is 0 Å². The largest absolute Gasteiger partial charge is 0.286 e. The lowest BCUT2D eigenvalue weighted by molar-refractivity contribution is 0.101. The van der Waals surface area contributed by atoms with E-state index in [1.807, 2.05) is 19.1 Å². The Morgan fingerprint density at radius 3 is 2.22 bits per heavy atom. The zero-order valence-corrected chi connectivity index (χ0v) is 10.1. The first kappa shape index (κ1) is 12.2. The van der Waals surface area contributed by atoms with E-state index in [0.29, 0.717) is 11.1 Å². The molecule has 0 saturated heterocycles. The molecule has 0 N–H and O–H groups in total. The first-order valence-corrected chi connectivity index (χ1v) is 5.70. The fourth-order valence-electron chi connectivity index (χ4n) is 1.60. The van der Waals surface area contributed by atoms with Gasteiger partial charge in [-0.3, -0.25) is 4.79 Å². The minimum Gasteiger partial charge on any atom is -0.286 e. The fourth-order valence-corrected chi connectivity index (χ4v) is 1.60. The molecule has 0 unspecified atom stereocenters. The fraction of sp³-hybridized carbons (Fsp3) is 0.0625. The van der Waals surface area contributed by atoms with E-state index in [-0.39, 0.29) is 0 Å². The van der Waals surface area contributed by atoms with Gasteiger partial charge < -0.3 is 0 Å². The normalized spacial score (nSPS) is 11.3. The standard InChI is InChI=1S/C16H13FO/c1-12-7-9-13(10-8-12)11-15(17)16(18)14-5-3-2-4-6-14/h2-11H,1H3. The van der Waals surface area contributed by atoms with Crippen LogP contribution in [0.3, 0.4) is 0 Å². The molecule has 0 radical (unpaired) electrons. The van der Waals surface area contributed by atoms with Gasteiger partial charge >= 0.3 is 0 Å². The van der Waals surface area contributed by atoms with Crippen LogP contribution < -0.4 is 0 Å². The highest BCUT2D eigenvalue weighted by atomic mass is 19.1. The number of ketones is 1. The Morgan fingerprint density at radius 1 is 1.00 bits per heavy atom. The Kier molecular flexibility index (Phi) is 3.68. The van der Waals surface area contributed by atoms with Gasteiger partial charge in [0.2, 0.25) is 5.78 Å². The van der Waals surface area contributed by atoms with Crippen LogP contribution in [0.15, 0.2) is 60.4 Å². The molecule has 0 aromatic heterocycles. The van der Waals surface area contributed by atoms with Gasteiger partial charge in [0.15, 0.2) is 5.83 Å². The SMILES string of the molecule is Cc1ccc(C=C(F)C(=O)c2ccccc2)cc1. The van der Waals surface area contributed by atoms with Crippen LogP contribution in [0.1, 0.15) is 21.5 Å². The third-order valence-electron chi connectivity index (χ3n) is 2.62. The van der Waals surface area contributed by atoms with Crippen molar-refractivity contribution in [2.24, 2.45) is 0 Å². The monoisotopic (exact) mass is 240 g/mol. The van der Waals surface area contributed by atoms with Crippen molar-refractivity contribution in [3.8, 4) is 0 Å². The van der Waals surface area contributed by atoms with Gasteiger partial charge in [-0.1, -0.05) is 60.2 Å². The molecule has 2 heteroatoms. The molecule has 2 rings (SSSR count). The van der Waals surface area contributed by atoms with Crippen LogP contribution in [0.4, 0.5) is 4.39 Å². The van der Waals surface area contributed by atoms with Crippen molar-refractivity contribution >= 4 is 11.9 Å². The molecule has 0 bridgehead atoms. The number of allylic oxidation sites excluding steroid dienone is 1. The summed E-state index contributed by atoms with van der Waals surface area (Å²) < 4.78 is 13.8. The summed E-state index contributed by atoms with van der Waals surface area (Å²) in [5, 5.41) is 0. The predicted octanol–water partition coefficient (Wildman–Crippen LogP) is 4.19. The van der Waals surface area contributed by atoms with E-state index in [0.717, 1.165) is 5.56 Å². The Labute approximate surface area is 106 Å². The molecule has 0 spiro atoms. The minimum atomic E-state index is -0.745. The molecule has 90 valence electrons. The molecular formula is C16H13FO. The van der Waals surface area contributed by atoms with E-state index in [1.54, 1.807) is 42.5 Å². The molecule has 0 aliphatic carbocycles. The summed E-state index contributed by atoms with van der Waals surface area (Å²) in [5.74, 6) is -1.33. The van der Waals surface area contributed by atoms with Crippen LogP contribution in [0.2, 0.25) is 0 Å². The van der Waals surface area contributed by atoms with E-state index in [1.165, 1.54) is 6.08 Å². The van der Waals surface area contributed by atoms with Crippen LogP contribution in [0.5, 0.6) is 0 Å². The number of aryl methyl sites for hydroxylation is 1. The number of hydrogen-bond donors (Lipinski definition) is 0. The van der Waals surface area contributed by atoms with Gasteiger partial charge in [-0.05, 0) is 18.6 Å². The maximum Gasteiger partial charge on any atom is 0.221 e. The first-order valence-electron chi connectivity index (χ1n) is 5.70. The molecule has 0 aliphatic rings. The number of carbonyl (C=O) groups excluding carboxylic acids is 1. The van der Waals surface area contributed by atoms with E-state index in [2.05, 4.69) is 0 Å². The summed E-state index contributed by atoms with van der Waals surface area (Å²) in [4.78, 5) is 11.8. The van der Waals surface area contributed by atoms with Gasteiger partial charge in [0.25, 0.3) is 0 Å². The van der Waals surface area contributed by atoms with E-state index < -0.39 is 11.6 Å². The molecule has 0 amide bonds. The van der Waals surface area contributed by atoms with E-state index >= 15 is 0 Å². The topological polar surface area (TPSA) is 17.1 Å².